The third kappa shape index (κ3) is 2.96. The van der Waals surface area contributed by atoms with Gasteiger partial charge in [-0.15, -0.1) is 11.3 Å². The molecule has 0 radical (unpaired) electrons. The van der Waals surface area contributed by atoms with E-state index in [9.17, 15) is 0 Å². The van der Waals surface area contributed by atoms with Crippen molar-refractivity contribution in [3.05, 3.63) is 24.3 Å². The molecule has 2 atom stereocenters. The Bertz CT molecular complexity index is 543. The van der Waals surface area contributed by atoms with E-state index in [4.69, 9.17) is 10.7 Å². The van der Waals surface area contributed by atoms with Gasteiger partial charge in [-0.05, 0) is 36.8 Å². The molecule has 4 heteroatoms. The third-order valence-electron chi connectivity index (χ3n) is 3.91. The van der Waals surface area contributed by atoms with E-state index in [-0.39, 0.29) is 0 Å². The Hall–Kier alpha value is -0.580. The maximum absolute atomic E-state index is 6.30. The zero-order valence-electron chi connectivity index (χ0n) is 11.4. The van der Waals surface area contributed by atoms with Crippen LogP contribution >= 0.6 is 23.1 Å². The molecule has 1 aromatic heterocycles. The molecule has 102 valence electrons. The standard InChI is InChI=1S/C15H20N2S2/c1-15(2)8-7-10(16)13(9-15)19-14-17-11-5-3-4-6-12(11)18-14/h3-6,10,13H,7-9,16H2,1-2H3. The largest absolute Gasteiger partial charge is 0.327 e. The first-order valence-electron chi connectivity index (χ1n) is 6.81. The fraction of sp³-hybridized carbons (Fsp3) is 0.533. The minimum absolute atomic E-state index is 0.310. The summed E-state index contributed by atoms with van der Waals surface area (Å²) < 4.78 is 2.44. The predicted octanol–water partition coefficient (Wildman–Crippen LogP) is 4.29. The highest BCUT2D eigenvalue weighted by molar-refractivity contribution is 8.01. The lowest BCUT2D eigenvalue weighted by Gasteiger charge is -2.38. The number of thioether (sulfide) groups is 1. The second-order valence-electron chi connectivity index (χ2n) is 6.17. The summed E-state index contributed by atoms with van der Waals surface area (Å²) in [5.74, 6) is 0. The van der Waals surface area contributed by atoms with Gasteiger partial charge in [-0.3, -0.25) is 0 Å². The monoisotopic (exact) mass is 292 g/mol. The highest BCUT2D eigenvalue weighted by Crippen LogP contribution is 2.43. The van der Waals surface area contributed by atoms with E-state index in [0.717, 1.165) is 11.9 Å². The van der Waals surface area contributed by atoms with Crippen molar-refractivity contribution in [3.8, 4) is 0 Å². The smallest absolute Gasteiger partial charge is 0.151 e. The summed E-state index contributed by atoms with van der Waals surface area (Å²) in [5.41, 5.74) is 7.83. The lowest BCUT2D eigenvalue weighted by atomic mass is 9.75. The van der Waals surface area contributed by atoms with E-state index in [2.05, 4.69) is 32.0 Å². The van der Waals surface area contributed by atoms with Crippen molar-refractivity contribution in [1.29, 1.82) is 0 Å². The zero-order chi connectivity index (χ0) is 13.5. The summed E-state index contributed by atoms with van der Waals surface area (Å²) >= 11 is 3.67. The average molecular weight is 292 g/mol. The minimum atomic E-state index is 0.310. The fourth-order valence-electron chi connectivity index (χ4n) is 2.70. The lowest BCUT2D eigenvalue weighted by molar-refractivity contribution is 0.232. The van der Waals surface area contributed by atoms with E-state index in [1.165, 1.54) is 21.9 Å². The molecule has 1 saturated carbocycles. The second-order valence-corrected chi connectivity index (χ2v) is 8.69. The molecule has 0 spiro atoms. The summed E-state index contributed by atoms with van der Waals surface area (Å²) in [4.78, 5) is 4.71. The van der Waals surface area contributed by atoms with Crippen LogP contribution in [0.25, 0.3) is 10.2 Å². The molecule has 1 heterocycles. The molecule has 2 nitrogen and oxygen atoms in total. The number of thiazole rings is 1. The maximum atomic E-state index is 6.30. The molecule has 1 aromatic carbocycles. The van der Waals surface area contributed by atoms with E-state index in [0.29, 0.717) is 16.7 Å². The third-order valence-corrected chi connectivity index (χ3v) is 6.39. The van der Waals surface area contributed by atoms with Gasteiger partial charge in [0.05, 0.1) is 10.2 Å². The lowest BCUT2D eigenvalue weighted by Crippen LogP contribution is -2.41. The van der Waals surface area contributed by atoms with Crippen LogP contribution in [0.2, 0.25) is 0 Å². The Morgan fingerprint density at radius 3 is 2.95 bits per heavy atom. The Labute approximate surface area is 122 Å². The predicted molar refractivity (Wildman–Crippen MR) is 84.9 cm³/mol. The van der Waals surface area contributed by atoms with E-state index in [1.807, 2.05) is 17.8 Å². The Balaban J connectivity index is 1.79. The van der Waals surface area contributed by atoms with Crippen molar-refractivity contribution in [2.75, 3.05) is 0 Å². The van der Waals surface area contributed by atoms with Gasteiger partial charge in [0.15, 0.2) is 4.34 Å². The molecule has 19 heavy (non-hydrogen) atoms. The molecule has 2 N–H and O–H groups in total. The molecule has 1 aliphatic carbocycles. The summed E-state index contributed by atoms with van der Waals surface area (Å²) in [6.45, 7) is 4.70. The van der Waals surface area contributed by atoms with Crippen LogP contribution in [0.5, 0.6) is 0 Å². The summed E-state index contributed by atoms with van der Waals surface area (Å²) in [7, 11) is 0. The summed E-state index contributed by atoms with van der Waals surface area (Å²) in [6, 6.07) is 8.66. The molecule has 0 bridgehead atoms. The minimum Gasteiger partial charge on any atom is -0.327 e. The van der Waals surface area contributed by atoms with Crippen LogP contribution in [0.1, 0.15) is 33.1 Å². The number of nitrogens with zero attached hydrogens (tertiary/aromatic N) is 1. The van der Waals surface area contributed by atoms with Gasteiger partial charge in [-0.25, -0.2) is 4.98 Å². The molecular weight excluding hydrogens is 272 g/mol. The molecule has 3 rings (SSSR count). The SMILES string of the molecule is CC1(C)CCC(N)C(Sc2nc3ccccc3s2)C1. The zero-order valence-corrected chi connectivity index (χ0v) is 13.1. The highest BCUT2D eigenvalue weighted by Gasteiger charge is 2.34. The van der Waals surface area contributed by atoms with Gasteiger partial charge >= 0.3 is 0 Å². The van der Waals surface area contributed by atoms with Gasteiger partial charge in [0.25, 0.3) is 0 Å². The topological polar surface area (TPSA) is 38.9 Å². The van der Waals surface area contributed by atoms with Gasteiger partial charge < -0.3 is 5.73 Å². The average Bonchev–Trinajstić information content (AvgIpc) is 2.76. The normalized spacial score (nSPS) is 26.7. The van der Waals surface area contributed by atoms with Crippen LogP contribution in [-0.4, -0.2) is 16.3 Å². The van der Waals surface area contributed by atoms with Gasteiger partial charge in [0.2, 0.25) is 0 Å². The van der Waals surface area contributed by atoms with E-state index in [1.54, 1.807) is 11.3 Å². The van der Waals surface area contributed by atoms with Crippen molar-refractivity contribution in [2.45, 2.75) is 48.7 Å². The van der Waals surface area contributed by atoms with Crippen molar-refractivity contribution in [2.24, 2.45) is 11.1 Å². The Kier molecular flexibility index (Phi) is 3.58. The van der Waals surface area contributed by atoms with Crippen LogP contribution in [0, 0.1) is 5.41 Å². The Morgan fingerprint density at radius 2 is 2.16 bits per heavy atom. The number of aromatic nitrogens is 1. The number of hydrogen-bond donors (Lipinski definition) is 1. The molecule has 2 aromatic rings. The second kappa shape index (κ2) is 5.08. The van der Waals surface area contributed by atoms with Crippen molar-refractivity contribution in [3.63, 3.8) is 0 Å². The first-order chi connectivity index (χ1) is 9.03. The van der Waals surface area contributed by atoms with Crippen molar-refractivity contribution < 1.29 is 0 Å². The van der Waals surface area contributed by atoms with E-state index >= 15 is 0 Å². The van der Waals surface area contributed by atoms with Crippen molar-refractivity contribution >= 4 is 33.3 Å². The summed E-state index contributed by atoms with van der Waals surface area (Å²) in [6.07, 6.45) is 3.56. The van der Waals surface area contributed by atoms with E-state index < -0.39 is 0 Å². The fourth-order valence-corrected chi connectivity index (χ4v) is 5.49. The van der Waals surface area contributed by atoms with Crippen LogP contribution in [0.4, 0.5) is 0 Å². The molecule has 0 saturated heterocycles. The number of fused-ring (bicyclic) bond motifs is 1. The number of rotatable bonds is 2. The number of hydrogen-bond acceptors (Lipinski definition) is 4. The number of benzene rings is 1. The molecule has 2 unspecified atom stereocenters. The first-order valence-corrected chi connectivity index (χ1v) is 8.51. The van der Waals surface area contributed by atoms with Crippen molar-refractivity contribution in [1.82, 2.24) is 4.98 Å². The molecule has 0 aliphatic heterocycles. The van der Waals surface area contributed by atoms with Crippen LogP contribution in [-0.2, 0) is 0 Å². The van der Waals surface area contributed by atoms with Crippen LogP contribution in [0.3, 0.4) is 0 Å². The molecular formula is C15H20N2S2. The first kappa shape index (κ1) is 13.4. The van der Waals surface area contributed by atoms with Crippen LogP contribution in [0.15, 0.2) is 28.6 Å². The highest BCUT2D eigenvalue weighted by atomic mass is 32.2. The van der Waals surface area contributed by atoms with Crippen LogP contribution < -0.4 is 5.73 Å². The van der Waals surface area contributed by atoms with Gasteiger partial charge in [0.1, 0.15) is 0 Å². The molecule has 1 aliphatic rings. The number of para-hydroxylation sites is 1. The van der Waals surface area contributed by atoms with Gasteiger partial charge in [-0.2, -0.15) is 0 Å². The molecule has 1 fully saturated rings. The quantitative estimate of drug-likeness (QED) is 0.897. The Morgan fingerprint density at radius 1 is 1.37 bits per heavy atom. The molecule has 0 amide bonds. The van der Waals surface area contributed by atoms with Gasteiger partial charge in [0, 0.05) is 11.3 Å². The van der Waals surface area contributed by atoms with Gasteiger partial charge in [-0.1, -0.05) is 37.7 Å². The number of nitrogens with two attached hydrogens (primary N) is 1. The maximum Gasteiger partial charge on any atom is 0.151 e. The summed E-state index contributed by atoms with van der Waals surface area (Å²) in [5, 5.41) is 0.504.